The molecule has 1 aromatic heterocycles. The van der Waals surface area contributed by atoms with Gasteiger partial charge in [0.05, 0.1) is 6.61 Å². The Kier molecular flexibility index (Phi) is 9.41. The highest BCUT2D eigenvalue weighted by Crippen LogP contribution is 2.06. The fourth-order valence-corrected chi connectivity index (χ4v) is 2.57. The van der Waals surface area contributed by atoms with Crippen molar-refractivity contribution < 1.29 is 4.74 Å². The third kappa shape index (κ3) is 8.26. The Bertz CT molecular complexity index is 666. The number of imidazole rings is 1. The van der Waals surface area contributed by atoms with Crippen molar-refractivity contribution in [3.63, 3.8) is 0 Å². The highest BCUT2D eigenvalue weighted by Gasteiger charge is 2.04. The highest BCUT2D eigenvalue weighted by atomic mass is 16.5. The maximum Gasteiger partial charge on any atom is 0.191 e. The smallest absolute Gasteiger partial charge is 0.191 e. The van der Waals surface area contributed by atoms with Crippen molar-refractivity contribution in [2.45, 2.75) is 40.3 Å². The Labute approximate surface area is 163 Å². The number of benzene rings is 1. The molecule has 0 spiro atoms. The van der Waals surface area contributed by atoms with Crippen LogP contribution in [-0.4, -0.2) is 41.8 Å². The van der Waals surface area contributed by atoms with Gasteiger partial charge in [0.15, 0.2) is 5.96 Å². The van der Waals surface area contributed by atoms with Gasteiger partial charge in [0.1, 0.15) is 12.4 Å². The first-order valence-electron chi connectivity index (χ1n) is 9.83. The fourth-order valence-electron chi connectivity index (χ4n) is 2.57. The van der Waals surface area contributed by atoms with Gasteiger partial charge in [-0.2, -0.15) is 0 Å². The van der Waals surface area contributed by atoms with Crippen molar-refractivity contribution in [3.8, 4) is 0 Å². The van der Waals surface area contributed by atoms with Crippen LogP contribution >= 0.6 is 0 Å². The van der Waals surface area contributed by atoms with Crippen LogP contribution in [0, 0.1) is 5.92 Å². The number of ether oxygens (including phenoxy) is 1. The van der Waals surface area contributed by atoms with Crippen molar-refractivity contribution >= 4 is 5.96 Å². The molecular formula is C21H33N5O. The molecule has 1 heterocycles. The zero-order valence-electron chi connectivity index (χ0n) is 16.8. The number of aliphatic imine (C=N–C) groups is 1. The Balaban J connectivity index is 1.83. The molecule has 0 radical (unpaired) electrons. The molecule has 27 heavy (non-hydrogen) atoms. The van der Waals surface area contributed by atoms with Gasteiger partial charge in [0, 0.05) is 38.6 Å². The second kappa shape index (κ2) is 12.1. The Morgan fingerprint density at radius 2 is 2.00 bits per heavy atom. The van der Waals surface area contributed by atoms with Crippen LogP contribution < -0.4 is 10.6 Å². The summed E-state index contributed by atoms with van der Waals surface area (Å²) in [5.74, 6) is 2.42. The van der Waals surface area contributed by atoms with Gasteiger partial charge in [-0.1, -0.05) is 44.2 Å². The topological polar surface area (TPSA) is 63.5 Å². The van der Waals surface area contributed by atoms with Crippen molar-refractivity contribution in [2.75, 3.05) is 26.3 Å². The van der Waals surface area contributed by atoms with Crippen LogP contribution in [0.2, 0.25) is 0 Å². The summed E-state index contributed by atoms with van der Waals surface area (Å²) in [6.45, 7) is 10.9. The van der Waals surface area contributed by atoms with Crippen LogP contribution in [0.5, 0.6) is 0 Å². The molecule has 0 atom stereocenters. The van der Waals surface area contributed by atoms with Crippen molar-refractivity contribution in [2.24, 2.45) is 10.9 Å². The van der Waals surface area contributed by atoms with Crippen LogP contribution in [0.15, 0.2) is 47.7 Å². The zero-order valence-corrected chi connectivity index (χ0v) is 16.8. The number of aromatic nitrogens is 2. The summed E-state index contributed by atoms with van der Waals surface area (Å²) >= 11 is 0. The van der Waals surface area contributed by atoms with Gasteiger partial charge in [-0.25, -0.2) is 9.98 Å². The van der Waals surface area contributed by atoms with Crippen molar-refractivity contribution in [1.82, 2.24) is 20.2 Å². The molecule has 0 aliphatic heterocycles. The standard InChI is InChI=1S/C21H33N5O/c1-4-22-21(24-12-15-27-14-10-18(2)3)25-16-20-23-11-13-26(20)17-19-8-6-5-7-9-19/h5-9,11,13,18H,4,10,12,14-17H2,1-3H3,(H2,22,24,25). The van der Waals surface area contributed by atoms with E-state index in [4.69, 9.17) is 4.74 Å². The van der Waals surface area contributed by atoms with E-state index in [2.05, 4.69) is 70.2 Å². The molecule has 0 aliphatic carbocycles. The van der Waals surface area contributed by atoms with E-state index >= 15 is 0 Å². The minimum absolute atomic E-state index is 0.531. The van der Waals surface area contributed by atoms with E-state index < -0.39 is 0 Å². The first kappa shape index (κ1) is 21.0. The third-order valence-corrected chi connectivity index (χ3v) is 4.10. The molecule has 2 aromatic rings. The van der Waals surface area contributed by atoms with E-state index in [1.54, 1.807) is 0 Å². The van der Waals surface area contributed by atoms with Gasteiger partial charge < -0.3 is 19.9 Å². The van der Waals surface area contributed by atoms with Gasteiger partial charge in [0.2, 0.25) is 0 Å². The number of nitrogens with one attached hydrogen (secondary N) is 2. The predicted octanol–water partition coefficient (Wildman–Crippen LogP) is 3.05. The molecule has 0 unspecified atom stereocenters. The average Bonchev–Trinajstić information content (AvgIpc) is 3.10. The average molecular weight is 372 g/mol. The number of guanidine groups is 1. The normalized spacial score (nSPS) is 11.8. The first-order valence-corrected chi connectivity index (χ1v) is 9.83. The largest absolute Gasteiger partial charge is 0.380 e. The van der Waals surface area contributed by atoms with Gasteiger partial charge in [-0.05, 0) is 24.8 Å². The van der Waals surface area contributed by atoms with E-state index in [0.717, 1.165) is 44.4 Å². The Morgan fingerprint density at radius 3 is 2.74 bits per heavy atom. The van der Waals surface area contributed by atoms with Crippen LogP contribution in [-0.2, 0) is 17.8 Å². The molecule has 0 amide bonds. The molecule has 2 N–H and O–H groups in total. The van der Waals surface area contributed by atoms with E-state index in [9.17, 15) is 0 Å². The molecule has 0 aliphatic rings. The maximum absolute atomic E-state index is 5.65. The van der Waals surface area contributed by atoms with Gasteiger partial charge in [-0.3, -0.25) is 0 Å². The SMILES string of the molecule is CCNC(=NCc1nccn1Cc1ccccc1)NCCOCCC(C)C. The molecule has 0 fully saturated rings. The summed E-state index contributed by atoms with van der Waals surface area (Å²) in [6, 6.07) is 10.4. The summed E-state index contributed by atoms with van der Waals surface area (Å²) < 4.78 is 7.78. The van der Waals surface area contributed by atoms with Crippen LogP contribution in [0.25, 0.3) is 0 Å². The van der Waals surface area contributed by atoms with E-state index in [0.29, 0.717) is 19.1 Å². The summed E-state index contributed by atoms with van der Waals surface area (Å²) in [6.07, 6.45) is 4.93. The predicted molar refractivity (Wildman–Crippen MR) is 111 cm³/mol. The molecule has 6 heteroatoms. The summed E-state index contributed by atoms with van der Waals surface area (Å²) in [5.41, 5.74) is 1.25. The van der Waals surface area contributed by atoms with Gasteiger partial charge in [-0.15, -0.1) is 0 Å². The summed E-state index contributed by atoms with van der Waals surface area (Å²) in [7, 11) is 0. The van der Waals surface area contributed by atoms with E-state index in [-0.39, 0.29) is 0 Å². The Hall–Kier alpha value is -2.34. The number of hydrogen-bond donors (Lipinski definition) is 2. The van der Waals surface area contributed by atoms with E-state index in [1.165, 1.54) is 5.56 Å². The number of hydrogen-bond acceptors (Lipinski definition) is 3. The molecular weight excluding hydrogens is 338 g/mol. The van der Waals surface area contributed by atoms with Crippen LogP contribution in [0.4, 0.5) is 0 Å². The monoisotopic (exact) mass is 371 g/mol. The summed E-state index contributed by atoms with van der Waals surface area (Å²) in [5, 5.41) is 6.59. The molecule has 1 aromatic carbocycles. The lowest BCUT2D eigenvalue weighted by Crippen LogP contribution is -2.39. The lowest BCUT2D eigenvalue weighted by atomic mass is 10.1. The second-order valence-corrected chi connectivity index (χ2v) is 6.87. The van der Waals surface area contributed by atoms with Crippen molar-refractivity contribution in [3.05, 3.63) is 54.1 Å². The number of nitrogens with zero attached hydrogens (tertiary/aromatic N) is 3. The quantitative estimate of drug-likeness (QED) is 0.362. The van der Waals surface area contributed by atoms with Crippen LogP contribution in [0.3, 0.4) is 0 Å². The Morgan fingerprint density at radius 1 is 1.19 bits per heavy atom. The maximum atomic E-state index is 5.65. The highest BCUT2D eigenvalue weighted by molar-refractivity contribution is 5.79. The van der Waals surface area contributed by atoms with Crippen LogP contribution in [0.1, 0.15) is 38.6 Å². The molecule has 0 bridgehead atoms. The molecule has 2 rings (SSSR count). The van der Waals surface area contributed by atoms with Gasteiger partial charge in [0.25, 0.3) is 0 Å². The van der Waals surface area contributed by atoms with E-state index in [1.807, 2.05) is 18.5 Å². The van der Waals surface area contributed by atoms with Crippen molar-refractivity contribution in [1.29, 1.82) is 0 Å². The molecule has 0 saturated heterocycles. The van der Waals surface area contributed by atoms with Gasteiger partial charge >= 0.3 is 0 Å². The second-order valence-electron chi connectivity index (χ2n) is 6.87. The third-order valence-electron chi connectivity index (χ3n) is 4.10. The lowest BCUT2D eigenvalue weighted by Gasteiger charge is -2.12. The molecule has 6 nitrogen and oxygen atoms in total. The lowest BCUT2D eigenvalue weighted by molar-refractivity contribution is 0.128. The minimum Gasteiger partial charge on any atom is -0.380 e. The fraction of sp³-hybridized carbons (Fsp3) is 0.524. The molecule has 148 valence electrons. The minimum atomic E-state index is 0.531. The first-order chi connectivity index (χ1) is 13.2. The zero-order chi connectivity index (χ0) is 19.3. The molecule has 0 saturated carbocycles. The number of rotatable bonds is 11. The summed E-state index contributed by atoms with van der Waals surface area (Å²) in [4.78, 5) is 9.12.